The number of sulfone groups is 1. The highest BCUT2D eigenvalue weighted by Crippen LogP contribution is 2.00. The van der Waals surface area contributed by atoms with Crippen molar-refractivity contribution < 1.29 is 18.0 Å². The van der Waals surface area contributed by atoms with Gasteiger partial charge in [0.2, 0.25) is 9.84 Å². The largest absolute Gasteiger partial charge is 0.303 e. The van der Waals surface area contributed by atoms with Crippen molar-refractivity contribution in [2.24, 2.45) is 0 Å². The predicted molar refractivity (Wildman–Crippen MR) is 61.9 cm³/mol. The molecule has 0 spiro atoms. The molecule has 6 heteroatoms. The van der Waals surface area contributed by atoms with Gasteiger partial charge in [-0.3, -0.25) is 9.59 Å². The van der Waals surface area contributed by atoms with Crippen LogP contribution in [0, 0.1) is 0 Å². The number of nitrogens with zero attached hydrogens (tertiary/aromatic N) is 1. The Hall–Kier alpha value is -0.750. The topological polar surface area (TPSA) is 71.5 Å². The number of carbonyl (C=O) groups excluding carboxylic acids is 2. The maximum absolute atomic E-state index is 11.5. The van der Waals surface area contributed by atoms with Crippen molar-refractivity contribution in [3.05, 3.63) is 0 Å². The molecule has 0 aliphatic carbocycles. The monoisotopic (exact) mass is 249 g/mol. The molecule has 0 aromatic carbocycles. The quantitative estimate of drug-likeness (QED) is 0.605. The first-order valence-corrected chi connectivity index (χ1v) is 6.96. The van der Waals surface area contributed by atoms with E-state index < -0.39 is 27.2 Å². The first-order chi connectivity index (χ1) is 7.33. The minimum atomic E-state index is -3.77. The third-order valence-electron chi connectivity index (χ3n) is 2.31. The predicted octanol–water partition coefficient (Wildman–Crippen LogP) is 0.249. The summed E-state index contributed by atoms with van der Waals surface area (Å²) < 4.78 is 22.9. The highest BCUT2D eigenvalue weighted by molar-refractivity contribution is 8.06. The van der Waals surface area contributed by atoms with Crippen LogP contribution < -0.4 is 0 Å². The van der Waals surface area contributed by atoms with Crippen molar-refractivity contribution >= 4 is 20.7 Å². The van der Waals surface area contributed by atoms with Crippen molar-refractivity contribution in [2.45, 2.75) is 27.2 Å². The molecule has 0 saturated heterocycles. The molecule has 0 N–H and O–H groups in total. The molecule has 0 rings (SSSR count). The Labute approximate surface area is 96.7 Å². The molecule has 0 aromatic rings. The Balaban J connectivity index is 4.35. The molecule has 0 heterocycles. The number of rotatable bonds is 7. The number of Topliss-reactive ketones (excluding diaryl/α,β-unsaturated/α-hetero) is 1. The molecule has 0 aliphatic heterocycles. The van der Waals surface area contributed by atoms with Gasteiger partial charge in [0.15, 0.2) is 0 Å². The van der Waals surface area contributed by atoms with E-state index in [0.717, 1.165) is 13.1 Å². The fourth-order valence-electron chi connectivity index (χ4n) is 1.22. The van der Waals surface area contributed by atoms with Gasteiger partial charge in [0.25, 0.3) is 5.12 Å². The fourth-order valence-corrected chi connectivity index (χ4v) is 2.37. The fraction of sp³-hybridized carbons (Fsp3) is 0.800. The molecule has 0 unspecified atom stereocenters. The zero-order chi connectivity index (χ0) is 12.8. The van der Waals surface area contributed by atoms with Gasteiger partial charge >= 0.3 is 0 Å². The van der Waals surface area contributed by atoms with E-state index in [0.29, 0.717) is 6.54 Å². The maximum atomic E-state index is 11.5. The lowest BCUT2D eigenvalue weighted by atomic mass is 10.3. The molecule has 0 fully saturated rings. The standard InChI is InChI=1S/C10H19NO4S/c1-4-11(5-2)6-7-16(14,15)10(13)8-9(3)12/h4-8H2,1-3H3. The lowest BCUT2D eigenvalue weighted by molar-refractivity contribution is -0.122. The molecule has 16 heavy (non-hydrogen) atoms. The molecule has 5 nitrogen and oxygen atoms in total. The molecule has 0 saturated carbocycles. The van der Waals surface area contributed by atoms with Crippen molar-refractivity contribution in [2.75, 3.05) is 25.4 Å². The van der Waals surface area contributed by atoms with Crippen LogP contribution in [0.1, 0.15) is 27.2 Å². The first kappa shape index (κ1) is 15.2. The molecule has 0 aliphatic rings. The van der Waals surface area contributed by atoms with Crippen LogP contribution in [0.15, 0.2) is 0 Å². The zero-order valence-corrected chi connectivity index (χ0v) is 10.8. The minimum absolute atomic E-state index is 0.208. The second-order valence-corrected chi connectivity index (χ2v) is 5.69. The van der Waals surface area contributed by atoms with E-state index in [4.69, 9.17) is 0 Å². The van der Waals surface area contributed by atoms with Gasteiger partial charge in [-0.05, 0) is 20.0 Å². The second-order valence-electron chi connectivity index (χ2n) is 3.60. The van der Waals surface area contributed by atoms with E-state index in [1.54, 1.807) is 0 Å². The van der Waals surface area contributed by atoms with Gasteiger partial charge in [-0.25, -0.2) is 8.42 Å². The summed E-state index contributed by atoms with van der Waals surface area (Å²) in [6.45, 7) is 6.87. The van der Waals surface area contributed by atoms with Crippen LogP contribution in [0.4, 0.5) is 0 Å². The van der Waals surface area contributed by atoms with Crippen LogP contribution in [0.2, 0.25) is 0 Å². The highest BCUT2D eigenvalue weighted by Gasteiger charge is 2.23. The van der Waals surface area contributed by atoms with Crippen LogP contribution in [0.25, 0.3) is 0 Å². The lowest BCUT2D eigenvalue weighted by Gasteiger charge is -2.17. The number of carbonyl (C=O) groups is 2. The van der Waals surface area contributed by atoms with Crippen LogP contribution >= 0.6 is 0 Å². The third-order valence-corrected chi connectivity index (χ3v) is 3.87. The molecular weight excluding hydrogens is 230 g/mol. The van der Waals surface area contributed by atoms with Crippen LogP contribution in [-0.2, 0) is 19.4 Å². The summed E-state index contributed by atoms with van der Waals surface area (Å²) in [5.74, 6) is -0.628. The molecular formula is C10H19NO4S. The normalized spacial score (nSPS) is 11.8. The van der Waals surface area contributed by atoms with Gasteiger partial charge in [0.05, 0.1) is 12.2 Å². The maximum Gasteiger partial charge on any atom is 0.253 e. The van der Waals surface area contributed by atoms with Gasteiger partial charge in [-0.1, -0.05) is 13.8 Å². The van der Waals surface area contributed by atoms with E-state index in [9.17, 15) is 18.0 Å². The lowest BCUT2D eigenvalue weighted by Crippen LogP contribution is -2.31. The van der Waals surface area contributed by atoms with E-state index in [1.165, 1.54) is 6.92 Å². The van der Waals surface area contributed by atoms with Crippen LogP contribution in [-0.4, -0.2) is 49.6 Å². The highest BCUT2D eigenvalue weighted by atomic mass is 32.2. The smallest absolute Gasteiger partial charge is 0.253 e. The van der Waals surface area contributed by atoms with Crippen LogP contribution in [0.5, 0.6) is 0 Å². The molecule has 0 atom stereocenters. The SMILES string of the molecule is CCN(CC)CCS(=O)(=O)C(=O)CC(C)=O. The second kappa shape index (κ2) is 6.75. The van der Waals surface area contributed by atoms with Gasteiger partial charge in [-0.2, -0.15) is 0 Å². The molecule has 0 radical (unpaired) electrons. The minimum Gasteiger partial charge on any atom is -0.303 e. The van der Waals surface area contributed by atoms with Crippen molar-refractivity contribution in [3.63, 3.8) is 0 Å². The summed E-state index contributed by atoms with van der Waals surface area (Å²) >= 11 is 0. The van der Waals surface area contributed by atoms with E-state index in [-0.39, 0.29) is 5.75 Å². The Morgan fingerprint density at radius 3 is 2.00 bits per heavy atom. The van der Waals surface area contributed by atoms with E-state index in [1.807, 2.05) is 18.7 Å². The van der Waals surface area contributed by atoms with Gasteiger partial charge < -0.3 is 4.90 Å². The molecule has 94 valence electrons. The summed E-state index contributed by atoms with van der Waals surface area (Å²) in [6, 6.07) is 0. The summed E-state index contributed by atoms with van der Waals surface area (Å²) in [4.78, 5) is 23.8. The number of hydrogen-bond donors (Lipinski definition) is 0. The van der Waals surface area contributed by atoms with Gasteiger partial charge in [0.1, 0.15) is 5.78 Å². The van der Waals surface area contributed by atoms with Crippen molar-refractivity contribution in [1.82, 2.24) is 4.90 Å². The van der Waals surface area contributed by atoms with Crippen molar-refractivity contribution in [1.29, 1.82) is 0 Å². The average molecular weight is 249 g/mol. The van der Waals surface area contributed by atoms with Crippen molar-refractivity contribution in [3.8, 4) is 0 Å². The van der Waals surface area contributed by atoms with Gasteiger partial charge in [-0.15, -0.1) is 0 Å². The summed E-state index contributed by atoms with van der Waals surface area (Å²) in [6.07, 6.45) is -0.513. The number of ketones is 1. The number of hydrogen-bond acceptors (Lipinski definition) is 5. The Kier molecular flexibility index (Phi) is 6.43. The Bertz CT molecular complexity index is 344. The molecule has 0 amide bonds. The zero-order valence-electron chi connectivity index (χ0n) is 10.0. The Morgan fingerprint density at radius 2 is 1.62 bits per heavy atom. The van der Waals surface area contributed by atoms with E-state index in [2.05, 4.69) is 0 Å². The molecule has 0 aromatic heterocycles. The summed E-state index contributed by atoms with van der Waals surface area (Å²) in [5.41, 5.74) is 0. The Morgan fingerprint density at radius 1 is 1.12 bits per heavy atom. The van der Waals surface area contributed by atoms with Crippen LogP contribution in [0.3, 0.4) is 0 Å². The summed E-state index contributed by atoms with van der Waals surface area (Å²) in [5, 5.41) is -0.966. The van der Waals surface area contributed by atoms with E-state index >= 15 is 0 Å². The molecule has 0 bridgehead atoms. The summed E-state index contributed by atoms with van der Waals surface area (Å²) in [7, 11) is -3.77. The average Bonchev–Trinajstić information content (AvgIpc) is 2.18. The van der Waals surface area contributed by atoms with Gasteiger partial charge in [0, 0.05) is 6.54 Å². The third kappa shape index (κ3) is 5.37. The first-order valence-electron chi connectivity index (χ1n) is 5.30.